The van der Waals surface area contributed by atoms with Gasteiger partial charge in [-0.25, -0.2) is 4.79 Å². The average Bonchev–Trinajstić information content (AvgIpc) is 2.29. The molecule has 1 heterocycles. The number of anilines is 1. The maximum atomic E-state index is 11.0. The largest absolute Gasteiger partial charge is 0.464 e. The van der Waals surface area contributed by atoms with Gasteiger partial charge in [0, 0.05) is 6.04 Å². The summed E-state index contributed by atoms with van der Waals surface area (Å²) in [6.07, 6.45) is 1.75. The van der Waals surface area contributed by atoms with E-state index in [0.29, 0.717) is 5.82 Å². The molecule has 1 unspecified atom stereocenters. The van der Waals surface area contributed by atoms with Crippen LogP contribution in [0, 0.1) is 0 Å². The second-order valence-electron chi connectivity index (χ2n) is 2.96. The lowest BCUT2D eigenvalue weighted by molar-refractivity contribution is 0.0593. The van der Waals surface area contributed by atoms with Gasteiger partial charge in [-0.1, -0.05) is 6.08 Å². The van der Waals surface area contributed by atoms with Crippen LogP contribution in [0.15, 0.2) is 24.8 Å². The summed E-state index contributed by atoms with van der Waals surface area (Å²) in [6, 6.07) is 3.32. The van der Waals surface area contributed by atoms with Crippen molar-refractivity contribution in [2.24, 2.45) is 0 Å². The van der Waals surface area contributed by atoms with Crippen LogP contribution >= 0.6 is 0 Å². The Morgan fingerprint density at radius 2 is 2.33 bits per heavy atom. The second-order valence-corrected chi connectivity index (χ2v) is 2.96. The monoisotopic (exact) mass is 207 g/mol. The highest BCUT2D eigenvalue weighted by molar-refractivity contribution is 5.86. The normalized spacial score (nSPS) is 11.6. The molecule has 0 bridgehead atoms. The Kier molecular flexibility index (Phi) is 3.79. The number of esters is 1. The van der Waals surface area contributed by atoms with Crippen LogP contribution in [0.4, 0.5) is 5.82 Å². The number of nitrogens with one attached hydrogen (secondary N) is 1. The minimum Gasteiger partial charge on any atom is -0.464 e. The van der Waals surface area contributed by atoms with Crippen molar-refractivity contribution < 1.29 is 9.53 Å². The van der Waals surface area contributed by atoms with Crippen molar-refractivity contribution in [2.45, 2.75) is 13.0 Å². The minimum atomic E-state index is -0.495. The van der Waals surface area contributed by atoms with Gasteiger partial charge in [0.1, 0.15) is 5.82 Å². The fourth-order valence-corrected chi connectivity index (χ4v) is 0.915. The molecule has 0 radical (unpaired) electrons. The highest BCUT2D eigenvalue weighted by Gasteiger charge is 2.07. The zero-order valence-corrected chi connectivity index (χ0v) is 8.73. The van der Waals surface area contributed by atoms with E-state index in [1.807, 2.05) is 6.92 Å². The summed E-state index contributed by atoms with van der Waals surface area (Å²) in [5, 5.41) is 10.6. The van der Waals surface area contributed by atoms with Crippen LogP contribution in [0.25, 0.3) is 0 Å². The first-order valence-corrected chi connectivity index (χ1v) is 4.48. The smallest absolute Gasteiger partial charge is 0.358 e. The first kappa shape index (κ1) is 11.2. The maximum absolute atomic E-state index is 11.0. The number of carbonyl (C=O) groups is 1. The SMILES string of the molecule is C=CC(C)Nc1ccc(C(=O)OC)nn1. The highest BCUT2D eigenvalue weighted by Crippen LogP contribution is 2.04. The van der Waals surface area contributed by atoms with Crippen molar-refractivity contribution >= 4 is 11.8 Å². The Labute approximate surface area is 88.2 Å². The van der Waals surface area contributed by atoms with Gasteiger partial charge in [-0.3, -0.25) is 0 Å². The lowest BCUT2D eigenvalue weighted by Crippen LogP contribution is -2.14. The summed E-state index contributed by atoms with van der Waals surface area (Å²) >= 11 is 0. The lowest BCUT2D eigenvalue weighted by atomic mass is 10.3. The number of hydrogen-bond acceptors (Lipinski definition) is 5. The summed E-state index contributed by atoms with van der Waals surface area (Å²) in [5.74, 6) is 0.0980. The summed E-state index contributed by atoms with van der Waals surface area (Å²) < 4.78 is 4.50. The second kappa shape index (κ2) is 5.09. The summed E-state index contributed by atoms with van der Waals surface area (Å²) in [6.45, 7) is 5.56. The van der Waals surface area contributed by atoms with Crippen LogP contribution in [0.3, 0.4) is 0 Å². The number of carbonyl (C=O) groups excluding carboxylic acids is 1. The van der Waals surface area contributed by atoms with E-state index in [1.54, 1.807) is 18.2 Å². The van der Waals surface area contributed by atoms with E-state index < -0.39 is 5.97 Å². The van der Waals surface area contributed by atoms with Crippen LogP contribution < -0.4 is 5.32 Å². The van der Waals surface area contributed by atoms with E-state index in [1.165, 1.54) is 7.11 Å². The van der Waals surface area contributed by atoms with Gasteiger partial charge in [-0.2, -0.15) is 0 Å². The molecule has 1 N–H and O–H groups in total. The third kappa shape index (κ3) is 3.05. The molecule has 5 nitrogen and oxygen atoms in total. The topological polar surface area (TPSA) is 64.1 Å². The van der Waals surface area contributed by atoms with E-state index in [9.17, 15) is 4.79 Å². The van der Waals surface area contributed by atoms with Crippen molar-refractivity contribution in [3.63, 3.8) is 0 Å². The molecule has 1 aromatic rings. The van der Waals surface area contributed by atoms with Crippen molar-refractivity contribution in [1.29, 1.82) is 0 Å². The third-order valence-electron chi connectivity index (χ3n) is 1.79. The van der Waals surface area contributed by atoms with E-state index in [4.69, 9.17) is 0 Å². The molecule has 0 saturated carbocycles. The minimum absolute atomic E-state index is 0.100. The van der Waals surface area contributed by atoms with E-state index in [0.717, 1.165) is 0 Å². The number of aromatic nitrogens is 2. The van der Waals surface area contributed by atoms with Gasteiger partial charge >= 0.3 is 5.97 Å². The molecule has 1 atom stereocenters. The van der Waals surface area contributed by atoms with Crippen molar-refractivity contribution in [1.82, 2.24) is 10.2 Å². The van der Waals surface area contributed by atoms with Crippen LogP contribution in [0.5, 0.6) is 0 Å². The van der Waals surface area contributed by atoms with Gasteiger partial charge in [0.2, 0.25) is 0 Å². The molecule has 0 fully saturated rings. The number of rotatable bonds is 4. The molecule has 0 spiro atoms. The molecule has 0 aliphatic carbocycles. The fraction of sp³-hybridized carbons (Fsp3) is 0.300. The zero-order valence-electron chi connectivity index (χ0n) is 8.73. The quantitative estimate of drug-likeness (QED) is 0.594. The Morgan fingerprint density at radius 1 is 1.60 bits per heavy atom. The Bertz CT molecular complexity index is 348. The molecule has 5 heteroatoms. The number of nitrogens with zero attached hydrogens (tertiary/aromatic N) is 2. The molecule has 0 amide bonds. The van der Waals surface area contributed by atoms with Gasteiger partial charge in [-0.05, 0) is 19.1 Å². The van der Waals surface area contributed by atoms with E-state index in [-0.39, 0.29) is 11.7 Å². The predicted molar refractivity (Wildman–Crippen MR) is 56.7 cm³/mol. The van der Waals surface area contributed by atoms with Crippen LogP contribution in [0.2, 0.25) is 0 Å². The average molecular weight is 207 g/mol. The Morgan fingerprint density at radius 3 is 2.80 bits per heavy atom. The molecule has 0 aromatic carbocycles. The van der Waals surface area contributed by atoms with E-state index >= 15 is 0 Å². The van der Waals surface area contributed by atoms with Gasteiger partial charge in [-0.15, -0.1) is 16.8 Å². The van der Waals surface area contributed by atoms with Gasteiger partial charge in [0.15, 0.2) is 5.69 Å². The fourth-order valence-electron chi connectivity index (χ4n) is 0.915. The molecule has 15 heavy (non-hydrogen) atoms. The molecular weight excluding hydrogens is 194 g/mol. The standard InChI is InChI=1S/C10H13N3O2/c1-4-7(2)11-9-6-5-8(12-13-9)10(14)15-3/h4-7H,1H2,2-3H3,(H,11,13). The van der Waals surface area contributed by atoms with E-state index in [2.05, 4.69) is 26.8 Å². The number of ether oxygens (including phenoxy) is 1. The number of methoxy groups -OCH3 is 1. The maximum Gasteiger partial charge on any atom is 0.358 e. The molecule has 80 valence electrons. The highest BCUT2D eigenvalue weighted by atomic mass is 16.5. The summed E-state index contributed by atoms with van der Waals surface area (Å²) in [4.78, 5) is 11.0. The van der Waals surface area contributed by atoms with Gasteiger partial charge in [0.25, 0.3) is 0 Å². The molecule has 1 aromatic heterocycles. The van der Waals surface area contributed by atoms with Gasteiger partial charge in [0.05, 0.1) is 7.11 Å². The van der Waals surface area contributed by atoms with Gasteiger partial charge < -0.3 is 10.1 Å². The predicted octanol–water partition coefficient (Wildman–Crippen LogP) is 1.25. The summed E-state index contributed by atoms with van der Waals surface area (Å²) in [7, 11) is 1.30. The Hall–Kier alpha value is -1.91. The molecule has 1 rings (SSSR count). The summed E-state index contributed by atoms with van der Waals surface area (Å²) in [5.41, 5.74) is 0.189. The zero-order chi connectivity index (χ0) is 11.3. The van der Waals surface area contributed by atoms with Crippen LogP contribution in [-0.2, 0) is 4.74 Å². The lowest BCUT2D eigenvalue weighted by Gasteiger charge is -2.08. The van der Waals surface area contributed by atoms with Crippen molar-refractivity contribution in [3.8, 4) is 0 Å². The Balaban J connectivity index is 2.72. The molecule has 0 aliphatic heterocycles. The first-order chi connectivity index (χ1) is 7.17. The van der Waals surface area contributed by atoms with Crippen LogP contribution in [0.1, 0.15) is 17.4 Å². The molecular formula is C10H13N3O2. The third-order valence-corrected chi connectivity index (χ3v) is 1.79. The molecule has 0 saturated heterocycles. The van der Waals surface area contributed by atoms with Crippen LogP contribution in [-0.4, -0.2) is 29.3 Å². The van der Waals surface area contributed by atoms with Crippen molar-refractivity contribution in [3.05, 3.63) is 30.5 Å². The molecule has 0 aliphatic rings. The number of hydrogen-bond donors (Lipinski definition) is 1. The first-order valence-electron chi connectivity index (χ1n) is 4.48. The van der Waals surface area contributed by atoms with Crippen molar-refractivity contribution in [2.75, 3.05) is 12.4 Å².